The Morgan fingerprint density at radius 1 is 0.508 bits per heavy atom. The maximum Gasteiger partial charge on any atom is -0.147 e. The van der Waals surface area contributed by atoms with Crippen molar-refractivity contribution in [2.24, 2.45) is 8.02 Å². The van der Waals surface area contributed by atoms with E-state index in [9.17, 15) is 10.2 Å². The molecule has 0 spiro atoms. The van der Waals surface area contributed by atoms with Gasteiger partial charge in [-0.3, -0.25) is 0 Å². The maximum absolute atomic E-state index is 11.7. The summed E-state index contributed by atoms with van der Waals surface area (Å²) in [6.07, 6.45) is 7.48. The van der Waals surface area contributed by atoms with Crippen molar-refractivity contribution in [3.63, 3.8) is 0 Å². The molecule has 0 saturated carbocycles. The van der Waals surface area contributed by atoms with Crippen LogP contribution in [0.2, 0.25) is 0 Å². The Labute approximate surface area is 390 Å². The molecule has 6 nitrogen and oxygen atoms in total. The van der Waals surface area contributed by atoms with Crippen molar-refractivity contribution in [3.05, 3.63) is 165 Å². The molecule has 0 atom stereocenters. The van der Waals surface area contributed by atoms with Crippen LogP contribution in [0.5, 0.6) is 11.5 Å². The van der Waals surface area contributed by atoms with Crippen LogP contribution in [-0.4, -0.2) is 41.4 Å². The van der Waals surface area contributed by atoms with Gasteiger partial charge < -0.3 is 4.74 Å². The van der Waals surface area contributed by atoms with Gasteiger partial charge in [0.25, 0.3) is 0 Å². The zero-order valence-electron chi connectivity index (χ0n) is 39.8. The third kappa shape index (κ3) is 13.4. The Morgan fingerprint density at radius 2 is 0.857 bits per heavy atom. The number of hydrogen-bond donors (Lipinski definition) is 2. The van der Waals surface area contributed by atoms with Gasteiger partial charge in [-0.1, -0.05) is 0 Å². The SMILES string of the molecule is C1CCOCC1.CC(C)(C)c1cc(C=[N][Mn]([CH2]OC(c2ccccc2)(c2ccccc2)c2ccccc2)[N]=Cc2cc(C(C)(C)C)cc(C(C)(C)C)c2O)c(O)c(C(C)(C)C)c1.Cl. The quantitative estimate of drug-likeness (QED) is 0.0830. The van der Waals surface area contributed by atoms with Gasteiger partial charge in [0.15, 0.2) is 0 Å². The zero-order chi connectivity index (χ0) is 45.3. The number of benzene rings is 5. The van der Waals surface area contributed by atoms with E-state index in [1.165, 1.54) is 19.3 Å². The van der Waals surface area contributed by atoms with Crippen LogP contribution >= 0.6 is 12.4 Å². The Morgan fingerprint density at radius 3 is 1.13 bits per heavy atom. The van der Waals surface area contributed by atoms with E-state index < -0.39 is 19.9 Å². The van der Waals surface area contributed by atoms with Crippen LogP contribution in [0.4, 0.5) is 0 Å². The fraction of sp³-hybridized carbons (Fsp3) is 0.418. The minimum atomic E-state index is -2.15. The van der Waals surface area contributed by atoms with Gasteiger partial charge in [0.2, 0.25) is 0 Å². The topological polar surface area (TPSA) is 83.6 Å². The van der Waals surface area contributed by atoms with Gasteiger partial charge in [-0.15, -0.1) is 12.4 Å². The van der Waals surface area contributed by atoms with Gasteiger partial charge in [-0.05, 0) is 19.3 Å². The van der Waals surface area contributed by atoms with E-state index in [1.807, 2.05) is 66.7 Å². The van der Waals surface area contributed by atoms with Crippen LogP contribution in [0.15, 0.2) is 123 Å². The molecule has 1 aliphatic rings. The smallest absolute Gasteiger partial charge is 0.147 e. The molecule has 5 aromatic carbocycles. The van der Waals surface area contributed by atoms with E-state index in [0.717, 1.165) is 52.2 Å². The van der Waals surface area contributed by atoms with E-state index in [1.54, 1.807) is 12.4 Å². The summed E-state index contributed by atoms with van der Waals surface area (Å²) in [5, 5.41) is 23.4. The van der Waals surface area contributed by atoms with Gasteiger partial charge in [0.05, 0.1) is 0 Å². The molecule has 1 aliphatic heterocycles. The Hall–Kier alpha value is -4.23. The molecule has 0 unspecified atom stereocenters. The van der Waals surface area contributed by atoms with Gasteiger partial charge in [0, 0.05) is 13.2 Å². The average molecular weight is 916 g/mol. The van der Waals surface area contributed by atoms with Gasteiger partial charge in [-0.2, -0.15) is 0 Å². The second-order valence-corrected chi connectivity index (χ2v) is 22.3. The van der Waals surface area contributed by atoms with Crippen molar-refractivity contribution < 1.29 is 34.0 Å². The first kappa shape index (κ1) is 51.4. The predicted molar refractivity (Wildman–Crippen MR) is 263 cm³/mol. The molecule has 0 aliphatic carbocycles. The number of phenols is 2. The number of ether oxygens (including phenoxy) is 2. The van der Waals surface area contributed by atoms with Gasteiger partial charge in [0.1, 0.15) is 0 Å². The summed E-state index contributed by atoms with van der Waals surface area (Å²) < 4.78 is 22.7. The number of phenolic OH excluding ortho intramolecular Hbond substituents is 2. The first-order valence-electron chi connectivity index (χ1n) is 22.0. The molecule has 5 aromatic rings. The minimum absolute atomic E-state index is 0. The molecule has 2 N–H and O–H groups in total. The van der Waals surface area contributed by atoms with E-state index in [0.29, 0.717) is 11.1 Å². The van der Waals surface area contributed by atoms with Gasteiger partial charge >= 0.3 is 342 Å². The predicted octanol–water partition coefficient (Wildman–Crippen LogP) is 13.8. The van der Waals surface area contributed by atoms with Crippen LogP contribution in [0.1, 0.15) is 152 Å². The summed E-state index contributed by atoms with van der Waals surface area (Å²) in [6, 6.07) is 39.2. The number of nitrogens with zero attached hydrogens (tertiary/aromatic N) is 2. The molecule has 8 heteroatoms. The Kier molecular flexibility index (Phi) is 17.7. The molecule has 0 radical (unpaired) electrons. The summed E-state index contributed by atoms with van der Waals surface area (Å²) >= 11 is -2.15. The average Bonchev–Trinajstić information content (AvgIpc) is 3.23. The van der Waals surface area contributed by atoms with Crippen LogP contribution in [0.25, 0.3) is 0 Å². The van der Waals surface area contributed by atoms with Crippen molar-refractivity contribution in [2.75, 3.05) is 18.7 Å². The molecule has 0 amide bonds. The number of rotatable bonds is 10. The van der Waals surface area contributed by atoms with Crippen LogP contribution in [0, 0.1) is 0 Å². The second kappa shape index (κ2) is 21.6. The largest absolute Gasteiger partial charge is 0.147 e. The van der Waals surface area contributed by atoms with Crippen molar-refractivity contribution in [1.29, 1.82) is 0 Å². The zero-order valence-corrected chi connectivity index (χ0v) is 41.8. The third-order valence-corrected chi connectivity index (χ3v) is 12.7. The second-order valence-electron chi connectivity index (χ2n) is 20.4. The summed E-state index contributed by atoms with van der Waals surface area (Å²) in [5.74, 6) is 0.442. The fourth-order valence-corrected chi connectivity index (χ4v) is 8.75. The summed E-state index contributed by atoms with van der Waals surface area (Å²) in [5.41, 5.74) is 6.59. The van der Waals surface area contributed by atoms with Crippen molar-refractivity contribution in [3.8, 4) is 11.5 Å². The van der Waals surface area contributed by atoms with E-state index >= 15 is 0 Å². The third-order valence-electron chi connectivity index (χ3n) is 11.2. The van der Waals surface area contributed by atoms with E-state index in [4.69, 9.17) is 17.5 Å². The molecule has 6 rings (SSSR count). The monoisotopic (exact) mass is 914 g/mol. The summed E-state index contributed by atoms with van der Waals surface area (Å²) in [7, 11) is 0. The van der Waals surface area contributed by atoms with Crippen LogP contribution in [-0.2, 0) is 51.1 Å². The van der Waals surface area contributed by atoms with Gasteiger partial charge in [-0.25, -0.2) is 0 Å². The fourth-order valence-electron chi connectivity index (χ4n) is 7.41. The number of halogens is 1. The first-order chi connectivity index (χ1) is 29.1. The number of hydrogen-bond acceptors (Lipinski definition) is 6. The molecule has 1 fully saturated rings. The van der Waals surface area contributed by atoms with E-state index in [-0.39, 0.29) is 51.1 Å². The normalized spacial score (nSPS) is 14.3. The van der Waals surface area contributed by atoms with Crippen molar-refractivity contribution in [1.82, 2.24) is 0 Å². The van der Waals surface area contributed by atoms with Crippen LogP contribution in [0.3, 0.4) is 0 Å². The van der Waals surface area contributed by atoms with Crippen molar-refractivity contribution >= 4 is 24.8 Å². The van der Waals surface area contributed by atoms with E-state index in [2.05, 4.69) is 132 Å². The number of aromatic hydroxyl groups is 2. The van der Waals surface area contributed by atoms with Crippen molar-refractivity contribution in [2.45, 2.75) is 130 Å². The molecule has 340 valence electrons. The Bertz CT molecular complexity index is 2060. The van der Waals surface area contributed by atoms with Crippen LogP contribution < -0.4 is 0 Å². The molecule has 63 heavy (non-hydrogen) atoms. The summed E-state index contributed by atoms with van der Waals surface area (Å²) in [4.78, 5) is 0. The first-order valence-corrected chi connectivity index (χ1v) is 23.9. The molecule has 1 saturated heterocycles. The summed E-state index contributed by atoms with van der Waals surface area (Å²) in [6.45, 7) is 27.8. The maximum atomic E-state index is 11.7. The Balaban J connectivity index is 0.00000115. The molecule has 0 aromatic heterocycles. The molecule has 0 bridgehead atoms. The molecular formula is C55H72ClMnN2O4. The molecule has 1 heterocycles. The molecular weight excluding hydrogens is 843 g/mol. The standard InChI is InChI=1S/C20H17O.2C15H22NO.C5H10O.ClH.Mn/c1-21-20(17-11-5-2-6-12-17,18-13-7-3-8-14-18)19-15-9-4-10-16-19;2*1-14(2,3)11-7-10(9-16)13(17)12(8-11)15(4,5)6;1-2-4-6-5-3-1;;/h2-16H,1H2;2*7-9,17H,1-6H3;1-5H2;1H;/q;2*-1;;;+2. The minimum Gasteiger partial charge on any atom is -0.147 e.